The van der Waals surface area contributed by atoms with Gasteiger partial charge in [0.1, 0.15) is 6.61 Å². The lowest BCUT2D eigenvalue weighted by molar-refractivity contribution is -0.139. The minimum atomic E-state index is -0.689. The van der Waals surface area contributed by atoms with E-state index in [1.165, 1.54) is 15.9 Å². The number of rotatable bonds is 7. The number of halogens is 4. The van der Waals surface area contributed by atoms with Gasteiger partial charge in [-0.3, -0.25) is 9.36 Å². The summed E-state index contributed by atoms with van der Waals surface area (Å²) in [7, 11) is 0. The molecule has 0 aliphatic carbocycles. The fraction of sp³-hybridized carbons (Fsp3) is 0.194. The summed E-state index contributed by atoms with van der Waals surface area (Å²) in [6.45, 7) is 5.80. The maximum Gasteiger partial charge on any atom is 0.338 e. The quantitative estimate of drug-likeness (QED) is 0.195. The van der Waals surface area contributed by atoms with Crippen molar-refractivity contribution in [3.63, 3.8) is 0 Å². The van der Waals surface area contributed by atoms with E-state index in [0.717, 1.165) is 16.7 Å². The van der Waals surface area contributed by atoms with E-state index in [2.05, 4.69) is 4.99 Å². The fourth-order valence-corrected chi connectivity index (χ4v) is 6.72. The highest BCUT2D eigenvalue weighted by Crippen LogP contribution is 2.36. The molecular weight excluding hydrogens is 638 g/mol. The summed E-state index contributed by atoms with van der Waals surface area (Å²) in [6.07, 6.45) is 1.69. The molecule has 0 N–H and O–H groups in total. The minimum absolute atomic E-state index is 0.133. The van der Waals surface area contributed by atoms with E-state index >= 15 is 0 Å². The van der Waals surface area contributed by atoms with E-state index in [1.807, 2.05) is 31.2 Å². The Kier molecular flexibility index (Phi) is 9.16. The van der Waals surface area contributed by atoms with Crippen LogP contribution in [0.5, 0.6) is 5.75 Å². The third-order valence-corrected chi connectivity index (χ3v) is 8.75. The Morgan fingerprint density at radius 1 is 1.00 bits per heavy atom. The number of hydrogen-bond donors (Lipinski definition) is 0. The number of fused-ring (bicyclic) bond motifs is 1. The molecule has 0 fully saturated rings. The number of nitrogens with zero attached hydrogens (tertiary/aromatic N) is 2. The van der Waals surface area contributed by atoms with Crippen LogP contribution in [-0.4, -0.2) is 17.1 Å². The summed E-state index contributed by atoms with van der Waals surface area (Å²) in [5.74, 6) is -0.218. The van der Waals surface area contributed by atoms with E-state index in [1.54, 1.807) is 50.3 Å². The van der Waals surface area contributed by atoms with Gasteiger partial charge in [0.2, 0.25) is 0 Å². The number of thiazole rings is 1. The van der Waals surface area contributed by atoms with Crippen LogP contribution in [0.25, 0.3) is 6.08 Å². The Morgan fingerprint density at radius 2 is 1.69 bits per heavy atom. The van der Waals surface area contributed by atoms with E-state index in [-0.39, 0.29) is 34.6 Å². The summed E-state index contributed by atoms with van der Waals surface area (Å²) < 4.78 is 13.2. The topological polar surface area (TPSA) is 69.9 Å². The standard InChI is InChI=1S/C31H24Cl4N2O4S/c1-4-40-30(39)26-17(3)36-31-37(27(26)19-7-5-16(2)6-8-19)29(38)25(42-31)13-18-11-23(34)28(24(35)12-18)41-15-20-9-10-21(32)14-22(20)33/h5-14,27H,4,15H2,1-3H3/b25-13+/t27-/m1/s1. The first-order chi connectivity index (χ1) is 20.1. The first kappa shape index (κ1) is 30.4. The molecule has 5 rings (SSSR count). The number of benzene rings is 3. The van der Waals surface area contributed by atoms with Crippen molar-refractivity contribution < 1.29 is 14.3 Å². The lowest BCUT2D eigenvalue weighted by Gasteiger charge is -2.24. The molecule has 2 heterocycles. The van der Waals surface area contributed by atoms with Gasteiger partial charge in [0.15, 0.2) is 10.6 Å². The lowest BCUT2D eigenvalue weighted by Crippen LogP contribution is -2.39. The van der Waals surface area contributed by atoms with Crippen LogP contribution in [-0.2, 0) is 16.1 Å². The molecule has 0 bridgehead atoms. The van der Waals surface area contributed by atoms with E-state index in [4.69, 9.17) is 55.9 Å². The molecule has 1 atom stereocenters. The number of carbonyl (C=O) groups excluding carboxylic acids is 1. The van der Waals surface area contributed by atoms with Crippen molar-refractivity contribution in [1.82, 2.24) is 4.57 Å². The van der Waals surface area contributed by atoms with Crippen LogP contribution >= 0.6 is 57.7 Å². The van der Waals surface area contributed by atoms with Crippen LogP contribution in [0.4, 0.5) is 0 Å². The first-order valence-electron chi connectivity index (χ1n) is 12.9. The predicted octanol–water partition coefficient (Wildman–Crippen LogP) is 7.30. The van der Waals surface area contributed by atoms with Crippen molar-refractivity contribution >= 4 is 69.8 Å². The summed E-state index contributed by atoms with van der Waals surface area (Å²) in [6, 6.07) is 15.4. The molecule has 1 aliphatic rings. The number of carbonyl (C=O) groups is 1. The Balaban J connectivity index is 1.54. The van der Waals surface area contributed by atoms with Crippen molar-refractivity contribution in [2.24, 2.45) is 4.99 Å². The number of ether oxygens (including phenoxy) is 2. The summed E-state index contributed by atoms with van der Waals surface area (Å²) in [5.41, 5.74) is 3.68. The average molecular weight is 662 g/mol. The third kappa shape index (κ3) is 6.17. The van der Waals surface area contributed by atoms with Crippen molar-refractivity contribution in [2.45, 2.75) is 33.4 Å². The molecule has 0 radical (unpaired) electrons. The van der Waals surface area contributed by atoms with Gasteiger partial charge in [0, 0.05) is 15.6 Å². The zero-order valence-corrected chi connectivity index (χ0v) is 26.6. The molecule has 0 saturated heterocycles. The largest absolute Gasteiger partial charge is 0.486 e. The second kappa shape index (κ2) is 12.7. The average Bonchev–Trinajstić information content (AvgIpc) is 3.23. The molecule has 42 heavy (non-hydrogen) atoms. The molecule has 3 aromatic carbocycles. The first-order valence-corrected chi connectivity index (χ1v) is 15.2. The molecule has 0 saturated carbocycles. The Morgan fingerprint density at radius 3 is 2.33 bits per heavy atom. The summed E-state index contributed by atoms with van der Waals surface area (Å²) in [5, 5.41) is 1.52. The number of esters is 1. The molecule has 1 aromatic heterocycles. The van der Waals surface area contributed by atoms with Gasteiger partial charge in [-0.2, -0.15) is 0 Å². The van der Waals surface area contributed by atoms with Crippen molar-refractivity contribution in [2.75, 3.05) is 6.61 Å². The highest BCUT2D eigenvalue weighted by molar-refractivity contribution is 7.07. The van der Waals surface area contributed by atoms with Crippen LogP contribution in [0.1, 0.15) is 42.1 Å². The summed E-state index contributed by atoms with van der Waals surface area (Å²) >= 11 is 26.5. The van der Waals surface area contributed by atoms with E-state index in [0.29, 0.717) is 36.2 Å². The molecule has 0 unspecified atom stereocenters. The molecule has 6 nitrogen and oxygen atoms in total. The number of aryl methyl sites for hydroxylation is 1. The SMILES string of the molecule is CCOC(=O)C1=C(C)N=c2s/c(=C/c3cc(Cl)c(OCc4ccc(Cl)cc4Cl)c(Cl)c3)c(=O)n2[C@@H]1c1ccc(C)cc1. The van der Waals surface area contributed by atoms with Gasteiger partial charge < -0.3 is 9.47 Å². The van der Waals surface area contributed by atoms with Gasteiger partial charge in [-0.1, -0.05) is 93.6 Å². The van der Waals surface area contributed by atoms with Gasteiger partial charge in [0.05, 0.1) is 38.5 Å². The highest BCUT2D eigenvalue weighted by atomic mass is 35.5. The minimum Gasteiger partial charge on any atom is -0.486 e. The van der Waals surface area contributed by atoms with Gasteiger partial charge >= 0.3 is 5.97 Å². The van der Waals surface area contributed by atoms with Gasteiger partial charge in [-0.15, -0.1) is 0 Å². The zero-order valence-electron chi connectivity index (χ0n) is 22.7. The number of allylic oxidation sites excluding steroid dienone is 1. The third-order valence-electron chi connectivity index (χ3n) is 6.62. The monoisotopic (exact) mass is 660 g/mol. The molecule has 0 spiro atoms. The second-order valence-electron chi connectivity index (χ2n) is 9.55. The molecule has 1 aliphatic heterocycles. The van der Waals surface area contributed by atoms with Crippen molar-refractivity contribution in [3.8, 4) is 5.75 Å². The Labute approximate surface area is 266 Å². The van der Waals surface area contributed by atoms with Crippen LogP contribution in [0.3, 0.4) is 0 Å². The highest BCUT2D eigenvalue weighted by Gasteiger charge is 2.33. The normalized spacial score (nSPS) is 14.9. The predicted molar refractivity (Wildman–Crippen MR) is 169 cm³/mol. The maximum atomic E-state index is 13.8. The summed E-state index contributed by atoms with van der Waals surface area (Å²) in [4.78, 5) is 32.0. The second-order valence-corrected chi connectivity index (χ2v) is 12.2. The zero-order chi connectivity index (χ0) is 30.1. The number of aromatic nitrogens is 1. The van der Waals surface area contributed by atoms with Crippen LogP contribution in [0, 0.1) is 6.92 Å². The van der Waals surface area contributed by atoms with E-state index < -0.39 is 12.0 Å². The van der Waals surface area contributed by atoms with Gasteiger partial charge in [0.25, 0.3) is 5.56 Å². The molecule has 216 valence electrons. The lowest BCUT2D eigenvalue weighted by atomic mass is 9.95. The molecule has 0 amide bonds. The van der Waals surface area contributed by atoms with Crippen LogP contribution in [0.2, 0.25) is 20.1 Å². The Bertz CT molecular complexity index is 1890. The molecule has 11 heteroatoms. The van der Waals surface area contributed by atoms with Crippen LogP contribution in [0.15, 0.2) is 75.7 Å². The van der Waals surface area contributed by atoms with Crippen molar-refractivity contribution in [3.05, 3.63) is 128 Å². The van der Waals surface area contributed by atoms with E-state index in [9.17, 15) is 9.59 Å². The fourth-order valence-electron chi connectivity index (χ4n) is 4.60. The van der Waals surface area contributed by atoms with Gasteiger partial charge in [-0.25, -0.2) is 9.79 Å². The van der Waals surface area contributed by atoms with Crippen LogP contribution < -0.4 is 19.6 Å². The molecular formula is C31H24Cl4N2O4S. The van der Waals surface area contributed by atoms with Gasteiger partial charge in [-0.05, 0) is 62.2 Å². The molecule has 4 aromatic rings. The maximum absolute atomic E-state index is 13.8. The van der Waals surface area contributed by atoms with Crippen molar-refractivity contribution in [1.29, 1.82) is 0 Å². The Hall–Kier alpha value is -3.07. The smallest absolute Gasteiger partial charge is 0.338 e. The number of hydrogen-bond acceptors (Lipinski definition) is 6.